The van der Waals surface area contributed by atoms with Gasteiger partial charge in [-0.2, -0.15) is 0 Å². The van der Waals surface area contributed by atoms with Gasteiger partial charge in [0, 0.05) is 6.54 Å². The summed E-state index contributed by atoms with van der Waals surface area (Å²) in [6.07, 6.45) is 3.45. The Hall–Kier alpha value is -1.55. The summed E-state index contributed by atoms with van der Waals surface area (Å²) in [4.78, 5) is 11.5. The number of methoxy groups -OCH3 is 1. The van der Waals surface area contributed by atoms with Crippen LogP contribution < -0.4 is 15.4 Å². The number of hydrogen-bond acceptors (Lipinski definition) is 3. The molecule has 1 aliphatic rings. The van der Waals surface area contributed by atoms with Crippen LogP contribution >= 0.6 is 0 Å². The average Bonchev–Trinajstić information content (AvgIpc) is 3.26. The molecule has 2 rings (SSSR count). The van der Waals surface area contributed by atoms with Gasteiger partial charge in [-0.05, 0) is 49.4 Å². The van der Waals surface area contributed by atoms with Gasteiger partial charge in [-0.25, -0.2) is 0 Å². The molecule has 0 bridgehead atoms. The van der Waals surface area contributed by atoms with Gasteiger partial charge in [0.1, 0.15) is 5.75 Å². The molecule has 1 amide bonds. The molecule has 4 heteroatoms. The third-order valence-corrected chi connectivity index (χ3v) is 3.32. The van der Waals surface area contributed by atoms with Gasteiger partial charge in [0.05, 0.1) is 13.7 Å². The van der Waals surface area contributed by atoms with Gasteiger partial charge in [-0.15, -0.1) is 0 Å². The van der Waals surface area contributed by atoms with Crippen molar-refractivity contribution in [2.45, 2.75) is 19.3 Å². The van der Waals surface area contributed by atoms with E-state index in [2.05, 4.69) is 10.6 Å². The second-order valence-electron chi connectivity index (χ2n) is 5.02. The minimum Gasteiger partial charge on any atom is -0.497 e. The van der Waals surface area contributed by atoms with Crippen LogP contribution in [0.15, 0.2) is 24.3 Å². The highest BCUT2D eigenvalue weighted by molar-refractivity contribution is 5.77. The molecular formula is C15H22N2O2. The molecule has 1 aromatic rings. The summed E-state index contributed by atoms with van der Waals surface area (Å²) in [5.41, 5.74) is 1.24. The van der Waals surface area contributed by atoms with Crippen LogP contribution in [0.1, 0.15) is 18.4 Å². The molecule has 0 unspecified atom stereocenters. The van der Waals surface area contributed by atoms with Crippen LogP contribution in [-0.4, -0.2) is 32.7 Å². The fourth-order valence-electron chi connectivity index (χ4n) is 1.87. The summed E-state index contributed by atoms with van der Waals surface area (Å²) >= 11 is 0. The Balaban J connectivity index is 1.56. The van der Waals surface area contributed by atoms with Crippen molar-refractivity contribution < 1.29 is 9.53 Å². The van der Waals surface area contributed by atoms with Crippen molar-refractivity contribution in [3.05, 3.63) is 29.8 Å². The lowest BCUT2D eigenvalue weighted by Crippen LogP contribution is -2.35. The molecule has 104 valence electrons. The topological polar surface area (TPSA) is 50.4 Å². The number of carbonyl (C=O) groups is 1. The highest BCUT2D eigenvalue weighted by atomic mass is 16.5. The summed E-state index contributed by atoms with van der Waals surface area (Å²) < 4.78 is 5.11. The molecule has 2 N–H and O–H groups in total. The van der Waals surface area contributed by atoms with Crippen molar-refractivity contribution in [1.82, 2.24) is 10.6 Å². The van der Waals surface area contributed by atoms with Crippen molar-refractivity contribution in [1.29, 1.82) is 0 Å². The van der Waals surface area contributed by atoms with Crippen LogP contribution in [0.5, 0.6) is 5.75 Å². The highest BCUT2D eigenvalue weighted by Gasteiger charge is 2.21. The quantitative estimate of drug-likeness (QED) is 0.695. The maximum Gasteiger partial charge on any atom is 0.233 e. The number of ether oxygens (including phenoxy) is 1. The van der Waals surface area contributed by atoms with E-state index < -0.39 is 0 Å². The van der Waals surface area contributed by atoms with E-state index in [1.54, 1.807) is 7.11 Å². The van der Waals surface area contributed by atoms with Gasteiger partial charge in [-0.3, -0.25) is 4.79 Å². The first-order valence-corrected chi connectivity index (χ1v) is 6.88. The summed E-state index contributed by atoms with van der Waals surface area (Å²) in [7, 11) is 1.66. The van der Waals surface area contributed by atoms with Gasteiger partial charge >= 0.3 is 0 Å². The normalized spacial score (nSPS) is 14.2. The van der Waals surface area contributed by atoms with E-state index in [1.807, 2.05) is 24.3 Å². The lowest BCUT2D eigenvalue weighted by atomic mass is 10.1. The molecule has 0 aliphatic heterocycles. The Morgan fingerprint density at radius 3 is 2.68 bits per heavy atom. The predicted molar refractivity (Wildman–Crippen MR) is 75.3 cm³/mol. The van der Waals surface area contributed by atoms with Crippen LogP contribution in [0.25, 0.3) is 0 Å². The van der Waals surface area contributed by atoms with Crippen molar-refractivity contribution >= 4 is 5.91 Å². The molecular weight excluding hydrogens is 240 g/mol. The number of benzene rings is 1. The first kappa shape index (κ1) is 13.9. The van der Waals surface area contributed by atoms with Gasteiger partial charge in [0.2, 0.25) is 5.91 Å². The van der Waals surface area contributed by atoms with E-state index in [-0.39, 0.29) is 5.91 Å². The zero-order chi connectivity index (χ0) is 13.5. The summed E-state index contributed by atoms with van der Waals surface area (Å²) in [6.45, 7) is 2.06. The molecule has 0 atom stereocenters. The van der Waals surface area contributed by atoms with Crippen LogP contribution in [0.2, 0.25) is 0 Å². The Labute approximate surface area is 114 Å². The first-order chi connectivity index (χ1) is 9.28. The van der Waals surface area contributed by atoms with Crippen LogP contribution in [0, 0.1) is 5.92 Å². The monoisotopic (exact) mass is 262 g/mol. The smallest absolute Gasteiger partial charge is 0.233 e. The van der Waals surface area contributed by atoms with E-state index in [0.29, 0.717) is 6.54 Å². The lowest BCUT2D eigenvalue weighted by molar-refractivity contribution is -0.120. The van der Waals surface area contributed by atoms with Crippen molar-refractivity contribution in [3.63, 3.8) is 0 Å². The minimum atomic E-state index is 0.0987. The SMILES string of the molecule is COc1ccc(CCNCC(=O)NCC2CC2)cc1. The Kier molecular flexibility index (Phi) is 5.21. The van der Waals surface area contributed by atoms with Crippen LogP contribution in [0.3, 0.4) is 0 Å². The van der Waals surface area contributed by atoms with Gasteiger partial charge in [-0.1, -0.05) is 12.1 Å². The van der Waals surface area contributed by atoms with E-state index in [1.165, 1.54) is 18.4 Å². The summed E-state index contributed by atoms with van der Waals surface area (Å²) in [5, 5.41) is 6.10. The second kappa shape index (κ2) is 7.14. The largest absolute Gasteiger partial charge is 0.497 e. The predicted octanol–water partition coefficient (Wildman–Crippen LogP) is 1.35. The van der Waals surface area contributed by atoms with E-state index in [9.17, 15) is 4.79 Å². The maximum atomic E-state index is 11.5. The number of amides is 1. The highest BCUT2D eigenvalue weighted by Crippen LogP contribution is 2.27. The molecule has 1 saturated carbocycles. The Bertz CT molecular complexity index is 399. The van der Waals surface area contributed by atoms with E-state index in [4.69, 9.17) is 4.74 Å². The van der Waals surface area contributed by atoms with Gasteiger partial charge < -0.3 is 15.4 Å². The third kappa shape index (κ3) is 5.30. The standard InChI is InChI=1S/C15H22N2O2/c1-19-14-6-4-12(5-7-14)8-9-16-11-15(18)17-10-13-2-3-13/h4-7,13,16H,2-3,8-11H2,1H3,(H,17,18). The van der Waals surface area contributed by atoms with Crippen molar-refractivity contribution in [2.75, 3.05) is 26.7 Å². The third-order valence-electron chi connectivity index (χ3n) is 3.32. The second-order valence-corrected chi connectivity index (χ2v) is 5.02. The summed E-state index contributed by atoms with van der Waals surface area (Å²) in [6, 6.07) is 8.01. The van der Waals surface area contributed by atoms with Crippen molar-refractivity contribution in [2.24, 2.45) is 5.92 Å². The minimum absolute atomic E-state index is 0.0987. The van der Waals surface area contributed by atoms with Gasteiger partial charge in [0.25, 0.3) is 0 Å². The molecule has 0 saturated heterocycles. The van der Waals surface area contributed by atoms with Crippen LogP contribution in [0.4, 0.5) is 0 Å². The molecule has 0 heterocycles. The number of nitrogens with one attached hydrogen (secondary N) is 2. The molecule has 1 aromatic carbocycles. The maximum absolute atomic E-state index is 11.5. The molecule has 1 fully saturated rings. The molecule has 0 spiro atoms. The molecule has 19 heavy (non-hydrogen) atoms. The first-order valence-electron chi connectivity index (χ1n) is 6.88. The Morgan fingerprint density at radius 2 is 2.05 bits per heavy atom. The zero-order valence-corrected chi connectivity index (χ0v) is 11.4. The molecule has 4 nitrogen and oxygen atoms in total. The lowest BCUT2D eigenvalue weighted by Gasteiger charge is -2.06. The summed E-state index contributed by atoms with van der Waals surface area (Å²) in [5.74, 6) is 1.71. The Morgan fingerprint density at radius 1 is 1.32 bits per heavy atom. The fraction of sp³-hybridized carbons (Fsp3) is 0.533. The fourth-order valence-corrected chi connectivity index (χ4v) is 1.87. The molecule has 1 aliphatic carbocycles. The average molecular weight is 262 g/mol. The zero-order valence-electron chi connectivity index (χ0n) is 11.4. The number of carbonyl (C=O) groups excluding carboxylic acids is 1. The number of rotatable bonds is 8. The van der Waals surface area contributed by atoms with E-state index in [0.717, 1.165) is 31.2 Å². The molecule has 0 aromatic heterocycles. The number of hydrogen-bond donors (Lipinski definition) is 2. The van der Waals surface area contributed by atoms with Crippen LogP contribution in [-0.2, 0) is 11.2 Å². The van der Waals surface area contributed by atoms with Crippen molar-refractivity contribution in [3.8, 4) is 5.75 Å². The molecule has 0 radical (unpaired) electrons. The van der Waals surface area contributed by atoms with Gasteiger partial charge in [0.15, 0.2) is 0 Å². The van der Waals surface area contributed by atoms with E-state index >= 15 is 0 Å².